The van der Waals surface area contributed by atoms with Crippen LogP contribution in [0.5, 0.6) is 17.2 Å². The Hall–Kier alpha value is -3.44. The van der Waals surface area contributed by atoms with Crippen molar-refractivity contribution in [2.24, 2.45) is 11.7 Å². The molecule has 12 heteroatoms. The maximum Gasteiger partial charge on any atom is 0.387 e. The predicted octanol–water partition coefficient (Wildman–Crippen LogP) is 5.64. The van der Waals surface area contributed by atoms with E-state index in [0.29, 0.717) is 29.5 Å². The number of halogens is 4. The summed E-state index contributed by atoms with van der Waals surface area (Å²) in [6, 6.07) is 7.51. The van der Waals surface area contributed by atoms with Gasteiger partial charge in [0.15, 0.2) is 11.5 Å². The van der Waals surface area contributed by atoms with Gasteiger partial charge in [0, 0.05) is 11.6 Å². The number of alkyl halides is 2. The topological polar surface area (TPSA) is 109 Å². The summed E-state index contributed by atoms with van der Waals surface area (Å²) in [5.41, 5.74) is 7.08. The minimum atomic E-state index is -3.00. The largest absolute Gasteiger partial charge is 0.493 e. The Bertz CT molecular complexity index is 1250. The van der Waals surface area contributed by atoms with Crippen molar-refractivity contribution in [2.75, 3.05) is 13.2 Å². The lowest BCUT2D eigenvalue weighted by molar-refractivity contribution is -0.0515. The average Bonchev–Trinajstić information content (AvgIpc) is 3.58. The predicted molar refractivity (Wildman–Crippen MR) is 135 cm³/mol. The molecule has 0 unspecified atom stereocenters. The number of nitrogens with one attached hydrogen (secondary N) is 1. The number of hydrogen-bond donors (Lipinski definition) is 2. The van der Waals surface area contributed by atoms with E-state index in [0.717, 1.165) is 18.9 Å². The molecule has 4 rings (SSSR count). The lowest BCUT2D eigenvalue weighted by atomic mass is 10.1. The molecule has 0 saturated heterocycles. The van der Waals surface area contributed by atoms with Crippen LogP contribution >= 0.6 is 12.4 Å². The number of rotatable bonds is 12. The van der Waals surface area contributed by atoms with Gasteiger partial charge in [-0.1, -0.05) is 0 Å². The molecule has 38 heavy (non-hydrogen) atoms. The summed E-state index contributed by atoms with van der Waals surface area (Å²) in [4.78, 5) is 17.3. The number of ether oxygens (including phenoxy) is 3. The van der Waals surface area contributed by atoms with Gasteiger partial charge in [-0.15, -0.1) is 12.4 Å². The molecule has 2 aromatic carbocycles. The molecule has 1 heterocycles. The van der Waals surface area contributed by atoms with E-state index in [1.807, 2.05) is 0 Å². The lowest BCUT2D eigenvalue weighted by Crippen LogP contribution is -2.25. The van der Waals surface area contributed by atoms with Crippen LogP contribution in [-0.2, 0) is 6.54 Å². The smallest absolute Gasteiger partial charge is 0.387 e. The van der Waals surface area contributed by atoms with E-state index >= 15 is 0 Å². The first-order chi connectivity index (χ1) is 17.7. The van der Waals surface area contributed by atoms with Gasteiger partial charge in [0.05, 0.1) is 31.4 Å². The fourth-order valence-electron chi connectivity index (χ4n) is 3.63. The van der Waals surface area contributed by atoms with Crippen LogP contribution in [0.15, 0.2) is 40.8 Å². The Kier molecular flexibility index (Phi) is 9.87. The molecule has 1 fully saturated rings. The number of carbonyl (C=O) groups excluding carboxylic acids is 1. The number of nitrogens with zero attached hydrogens (tertiary/aromatic N) is 1. The first-order valence-electron chi connectivity index (χ1n) is 11.9. The molecular formula is C26H29ClF3N3O5. The number of carbonyl (C=O) groups is 1. The van der Waals surface area contributed by atoms with Crippen molar-refractivity contribution in [1.29, 1.82) is 0 Å². The fraction of sp³-hybridized carbons (Fsp3) is 0.385. The second-order valence-electron chi connectivity index (χ2n) is 8.67. The highest BCUT2D eigenvalue weighted by Gasteiger charge is 2.24. The van der Waals surface area contributed by atoms with E-state index < -0.39 is 24.4 Å². The molecule has 3 aromatic rings. The fourth-order valence-corrected chi connectivity index (χ4v) is 3.63. The van der Waals surface area contributed by atoms with Gasteiger partial charge in [-0.05, 0) is 62.9 Å². The first kappa shape index (κ1) is 29.1. The van der Waals surface area contributed by atoms with Crippen LogP contribution in [0.2, 0.25) is 0 Å². The third-order valence-corrected chi connectivity index (χ3v) is 5.62. The van der Waals surface area contributed by atoms with Crippen molar-refractivity contribution in [3.05, 3.63) is 59.2 Å². The van der Waals surface area contributed by atoms with Crippen LogP contribution in [0.25, 0.3) is 11.5 Å². The maximum absolute atomic E-state index is 13.6. The summed E-state index contributed by atoms with van der Waals surface area (Å²) >= 11 is 0. The van der Waals surface area contributed by atoms with Gasteiger partial charge in [0.2, 0.25) is 5.89 Å². The Balaban J connectivity index is 0.00000400. The van der Waals surface area contributed by atoms with Gasteiger partial charge < -0.3 is 29.7 Å². The van der Waals surface area contributed by atoms with Gasteiger partial charge in [-0.25, -0.2) is 9.37 Å². The second kappa shape index (κ2) is 12.9. The van der Waals surface area contributed by atoms with Crippen LogP contribution in [-0.4, -0.2) is 30.7 Å². The summed E-state index contributed by atoms with van der Waals surface area (Å²) in [6.45, 7) is 1.06. The average molecular weight is 556 g/mol. The molecule has 3 N–H and O–H groups in total. The van der Waals surface area contributed by atoms with Gasteiger partial charge in [-0.2, -0.15) is 8.78 Å². The zero-order valence-electron chi connectivity index (χ0n) is 20.8. The van der Waals surface area contributed by atoms with E-state index in [1.54, 1.807) is 13.8 Å². The molecule has 1 aliphatic carbocycles. The van der Waals surface area contributed by atoms with Crippen molar-refractivity contribution in [2.45, 2.75) is 45.9 Å². The zero-order chi connectivity index (χ0) is 26.5. The molecule has 1 aliphatic rings. The highest BCUT2D eigenvalue weighted by Crippen LogP contribution is 2.37. The Labute approximate surface area is 224 Å². The van der Waals surface area contributed by atoms with Crippen molar-refractivity contribution >= 4 is 18.3 Å². The molecule has 8 nitrogen and oxygen atoms in total. The number of aromatic nitrogens is 1. The molecule has 206 valence electrons. The normalized spacial score (nSPS) is 13.6. The SMILES string of the molecule is CCOc1cc(F)ccc1C(=O)NCc1nc(-c2ccc(OC(F)F)c(OCC3CC3)c2)oc1[C@H](C)N.Cl. The van der Waals surface area contributed by atoms with E-state index in [9.17, 15) is 18.0 Å². The number of amides is 1. The number of benzene rings is 2. The first-order valence-corrected chi connectivity index (χ1v) is 11.9. The maximum atomic E-state index is 13.6. The van der Waals surface area contributed by atoms with Crippen molar-refractivity contribution in [1.82, 2.24) is 10.3 Å². The van der Waals surface area contributed by atoms with Crippen LogP contribution in [0.3, 0.4) is 0 Å². The Morgan fingerprint density at radius 3 is 2.58 bits per heavy atom. The summed E-state index contributed by atoms with van der Waals surface area (Å²) in [5, 5.41) is 2.73. The summed E-state index contributed by atoms with van der Waals surface area (Å²) in [7, 11) is 0. The minimum Gasteiger partial charge on any atom is -0.493 e. The molecule has 0 spiro atoms. The molecule has 1 saturated carbocycles. The minimum absolute atomic E-state index is 0. The zero-order valence-corrected chi connectivity index (χ0v) is 21.7. The molecule has 0 aliphatic heterocycles. The van der Waals surface area contributed by atoms with Crippen molar-refractivity contribution in [3.63, 3.8) is 0 Å². The number of hydrogen-bond acceptors (Lipinski definition) is 7. The number of oxazole rings is 1. The summed E-state index contributed by atoms with van der Waals surface area (Å²) < 4.78 is 60.9. The number of nitrogens with two attached hydrogens (primary N) is 1. The summed E-state index contributed by atoms with van der Waals surface area (Å²) in [5.74, 6) is 0.0852. The highest BCUT2D eigenvalue weighted by molar-refractivity contribution is 5.96. The van der Waals surface area contributed by atoms with Gasteiger partial charge in [0.1, 0.15) is 23.0 Å². The molecule has 0 radical (unpaired) electrons. The van der Waals surface area contributed by atoms with E-state index in [-0.39, 0.29) is 54.3 Å². The molecule has 1 amide bonds. The summed E-state index contributed by atoms with van der Waals surface area (Å²) in [6.07, 6.45) is 2.06. The van der Waals surface area contributed by atoms with Crippen LogP contribution in [0.1, 0.15) is 54.5 Å². The lowest BCUT2D eigenvalue weighted by Gasteiger charge is -2.12. The van der Waals surface area contributed by atoms with Crippen molar-refractivity contribution < 1.29 is 36.6 Å². The molecule has 1 atom stereocenters. The molecule has 1 aromatic heterocycles. The van der Waals surface area contributed by atoms with Crippen LogP contribution < -0.4 is 25.3 Å². The van der Waals surface area contributed by atoms with Gasteiger partial charge in [0.25, 0.3) is 5.91 Å². The molecule has 0 bridgehead atoms. The van der Waals surface area contributed by atoms with Crippen LogP contribution in [0, 0.1) is 11.7 Å². The highest BCUT2D eigenvalue weighted by atomic mass is 35.5. The van der Waals surface area contributed by atoms with Crippen molar-refractivity contribution in [3.8, 4) is 28.7 Å². The standard InChI is InChI=1S/C26H28F3N3O5.ClH/c1-3-34-21-11-17(27)7-8-18(21)24(33)31-12-19-23(14(2)30)37-25(32-19)16-6-9-20(36-26(28)29)22(10-16)35-13-15-4-5-15;/h6-11,14-15,26H,3-5,12-13,30H2,1-2H3,(H,31,33);1H/t14-;/m0./s1. The Morgan fingerprint density at radius 1 is 1.16 bits per heavy atom. The second-order valence-corrected chi connectivity index (χ2v) is 8.67. The monoisotopic (exact) mass is 555 g/mol. The quantitative estimate of drug-likeness (QED) is 0.297. The van der Waals surface area contributed by atoms with Crippen LogP contribution in [0.4, 0.5) is 13.2 Å². The van der Waals surface area contributed by atoms with E-state index in [4.69, 9.17) is 19.6 Å². The Morgan fingerprint density at radius 2 is 1.92 bits per heavy atom. The van der Waals surface area contributed by atoms with E-state index in [2.05, 4.69) is 15.0 Å². The van der Waals surface area contributed by atoms with Gasteiger partial charge in [-0.3, -0.25) is 4.79 Å². The van der Waals surface area contributed by atoms with Gasteiger partial charge >= 0.3 is 6.61 Å². The third kappa shape index (κ3) is 7.32. The van der Waals surface area contributed by atoms with E-state index in [1.165, 1.54) is 30.3 Å². The molecular weight excluding hydrogens is 527 g/mol. The third-order valence-electron chi connectivity index (χ3n) is 5.62.